The minimum atomic E-state index is 0.216. The molecule has 8 aromatic carbocycles. The van der Waals surface area contributed by atoms with Crippen LogP contribution in [-0.2, 0) is 6.42 Å². The van der Waals surface area contributed by atoms with E-state index in [0.29, 0.717) is 0 Å². The van der Waals surface area contributed by atoms with Gasteiger partial charge in [-0.05, 0) is 123 Å². The molecule has 0 amide bonds. The molecule has 1 unspecified atom stereocenters. The molecule has 0 bridgehead atoms. The third kappa shape index (κ3) is 7.12. The Labute approximate surface area is 341 Å². The molecule has 58 heavy (non-hydrogen) atoms. The molecule has 0 saturated heterocycles. The smallest absolute Gasteiger partial charge is 0.0541 e. The van der Waals surface area contributed by atoms with Gasteiger partial charge in [0.2, 0.25) is 0 Å². The highest BCUT2D eigenvalue weighted by atomic mass is 15.0. The molecule has 278 valence electrons. The fraction of sp³-hybridized carbons (Fsp3) is 0.0877. The van der Waals surface area contributed by atoms with Gasteiger partial charge in [0.15, 0.2) is 0 Å². The molecular weight excluding hydrogens is 699 g/mol. The van der Waals surface area contributed by atoms with Crippen LogP contribution >= 0.6 is 0 Å². The van der Waals surface area contributed by atoms with Gasteiger partial charge in [0.1, 0.15) is 0 Å². The monoisotopic (exact) mass is 743 g/mol. The van der Waals surface area contributed by atoms with E-state index in [1.807, 2.05) is 0 Å². The first-order valence-electron chi connectivity index (χ1n) is 20.6. The second kappa shape index (κ2) is 15.9. The summed E-state index contributed by atoms with van der Waals surface area (Å²) in [5.74, 6) is 0.216. The summed E-state index contributed by atoms with van der Waals surface area (Å²) in [6.07, 6.45) is 11.2. The summed E-state index contributed by atoms with van der Waals surface area (Å²) in [5.41, 5.74) is 17.8. The van der Waals surface area contributed by atoms with Gasteiger partial charge in [0.25, 0.3) is 0 Å². The SMILES string of the molecule is C1=CCCCC(c2ccc(C(Cc3cccc(-c4cccc(-c5ccc6c(c5)c5ccccc5n6-c5ccccc5)c4)c3)c3ccc(-c4ccccc4)cc3)cc2)=C1. The first kappa shape index (κ1) is 35.5. The maximum Gasteiger partial charge on any atom is 0.0541 e. The minimum absolute atomic E-state index is 0.216. The van der Waals surface area contributed by atoms with Gasteiger partial charge < -0.3 is 4.57 Å². The molecule has 1 nitrogen and oxygen atoms in total. The summed E-state index contributed by atoms with van der Waals surface area (Å²) in [7, 11) is 0. The van der Waals surface area contributed by atoms with Crippen LogP contribution in [-0.4, -0.2) is 4.57 Å². The summed E-state index contributed by atoms with van der Waals surface area (Å²) in [6.45, 7) is 0. The summed E-state index contributed by atoms with van der Waals surface area (Å²) < 4.78 is 2.38. The number of hydrogen-bond donors (Lipinski definition) is 0. The molecule has 0 aliphatic heterocycles. The molecule has 1 aromatic heterocycles. The first-order valence-corrected chi connectivity index (χ1v) is 20.6. The Morgan fingerprint density at radius 2 is 1.00 bits per heavy atom. The lowest BCUT2D eigenvalue weighted by Gasteiger charge is -2.20. The van der Waals surface area contributed by atoms with Crippen LogP contribution in [0, 0.1) is 0 Å². The molecular formula is C57H45N. The number of hydrogen-bond acceptors (Lipinski definition) is 0. The van der Waals surface area contributed by atoms with E-state index in [4.69, 9.17) is 0 Å². The fourth-order valence-electron chi connectivity index (χ4n) is 8.91. The number of fused-ring (bicyclic) bond motifs is 3. The zero-order valence-electron chi connectivity index (χ0n) is 32.6. The van der Waals surface area contributed by atoms with Crippen molar-refractivity contribution in [1.82, 2.24) is 4.57 Å². The molecule has 0 spiro atoms. The van der Waals surface area contributed by atoms with Crippen LogP contribution < -0.4 is 0 Å². The molecule has 1 heterocycles. The van der Waals surface area contributed by atoms with E-state index in [2.05, 4.69) is 223 Å². The van der Waals surface area contributed by atoms with Crippen molar-refractivity contribution < 1.29 is 0 Å². The predicted octanol–water partition coefficient (Wildman–Crippen LogP) is 15.3. The summed E-state index contributed by atoms with van der Waals surface area (Å²) in [4.78, 5) is 0. The molecule has 0 fully saturated rings. The minimum Gasteiger partial charge on any atom is -0.309 e. The van der Waals surface area contributed by atoms with E-state index in [1.54, 1.807) is 0 Å². The number of para-hydroxylation sites is 2. The van der Waals surface area contributed by atoms with Gasteiger partial charge in [-0.1, -0.05) is 182 Å². The van der Waals surface area contributed by atoms with Crippen molar-refractivity contribution in [3.63, 3.8) is 0 Å². The van der Waals surface area contributed by atoms with Crippen LogP contribution in [0.2, 0.25) is 0 Å². The van der Waals surface area contributed by atoms with Gasteiger partial charge >= 0.3 is 0 Å². The van der Waals surface area contributed by atoms with E-state index in [1.165, 1.54) is 95.1 Å². The number of allylic oxidation sites excluding steroid dienone is 4. The topological polar surface area (TPSA) is 4.93 Å². The van der Waals surface area contributed by atoms with Crippen LogP contribution in [0.4, 0.5) is 0 Å². The van der Waals surface area contributed by atoms with Crippen molar-refractivity contribution in [2.75, 3.05) is 0 Å². The van der Waals surface area contributed by atoms with E-state index >= 15 is 0 Å². The van der Waals surface area contributed by atoms with Crippen LogP contribution in [0.25, 0.3) is 66.4 Å². The molecule has 1 aliphatic rings. The van der Waals surface area contributed by atoms with E-state index in [-0.39, 0.29) is 5.92 Å². The average molecular weight is 744 g/mol. The first-order chi connectivity index (χ1) is 28.7. The highest BCUT2D eigenvalue weighted by Crippen LogP contribution is 2.37. The summed E-state index contributed by atoms with van der Waals surface area (Å²) in [6, 6.07) is 73.9. The second-order valence-electron chi connectivity index (χ2n) is 15.6. The highest BCUT2D eigenvalue weighted by Gasteiger charge is 2.18. The van der Waals surface area contributed by atoms with Crippen molar-refractivity contribution in [3.8, 4) is 39.1 Å². The molecule has 0 saturated carbocycles. The van der Waals surface area contributed by atoms with Crippen LogP contribution in [0.5, 0.6) is 0 Å². The highest BCUT2D eigenvalue weighted by molar-refractivity contribution is 6.10. The predicted molar refractivity (Wildman–Crippen MR) is 246 cm³/mol. The lowest BCUT2D eigenvalue weighted by molar-refractivity contribution is 0.805. The number of aromatic nitrogens is 1. The van der Waals surface area contributed by atoms with Gasteiger partial charge in [-0.25, -0.2) is 0 Å². The Hall–Kier alpha value is -6.96. The molecule has 9 aromatic rings. The fourth-order valence-corrected chi connectivity index (χ4v) is 8.91. The van der Waals surface area contributed by atoms with E-state index in [0.717, 1.165) is 19.3 Å². The quantitative estimate of drug-likeness (QED) is 0.139. The van der Waals surface area contributed by atoms with Crippen molar-refractivity contribution in [3.05, 3.63) is 241 Å². The maximum absolute atomic E-state index is 2.40. The van der Waals surface area contributed by atoms with E-state index in [9.17, 15) is 0 Å². The van der Waals surface area contributed by atoms with Crippen LogP contribution in [0.1, 0.15) is 47.4 Å². The number of nitrogens with zero attached hydrogens (tertiary/aromatic N) is 1. The van der Waals surface area contributed by atoms with Gasteiger partial charge in [0, 0.05) is 22.4 Å². The Bertz CT molecular complexity index is 2910. The normalized spacial score (nSPS) is 13.3. The molecule has 1 heteroatoms. The third-order valence-corrected chi connectivity index (χ3v) is 11.9. The van der Waals surface area contributed by atoms with E-state index < -0.39 is 0 Å². The molecule has 1 aliphatic carbocycles. The van der Waals surface area contributed by atoms with Crippen molar-refractivity contribution in [2.45, 2.75) is 31.6 Å². The maximum atomic E-state index is 2.40. The number of benzene rings is 8. The third-order valence-electron chi connectivity index (χ3n) is 11.9. The van der Waals surface area contributed by atoms with Crippen molar-refractivity contribution in [2.24, 2.45) is 0 Å². The Balaban J connectivity index is 0.977. The second-order valence-corrected chi connectivity index (χ2v) is 15.6. The van der Waals surface area contributed by atoms with Gasteiger partial charge in [-0.3, -0.25) is 0 Å². The zero-order chi connectivity index (χ0) is 38.7. The van der Waals surface area contributed by atoms with Crippen molar-refractivity contribution in [1.29, 1.82) is 0 Å². The largest absolute Gasteiger partial charge is 0.309 e. The van der Waals surface area contributed by atoms with Gasteiger partial charge in [-0.15, -0.1) is 0 Å². The average Bonchev–Trinajstić information content (AvgIpc) is 3.40. The standard InChI is InChI=1S/C57H45N/c1-2-6-17-42(16-5-1)44-27-31-46(32-28-44)54(47-33-29-45(30-34-47)43-18-7-3-8-19-43)38-41-15-13-20-48(37-41)49-21-14-22-50(39-49)51-35-36-57-55(40-51)53-25-11-12-26-56(53)58(57)52-23-9-4-10-24-52/h1,3-5,7-16,18-37,39-40,54H,2,6,17,38H2. The zero-order valence-corrected chi connectivity index (χ0v) is 32.6. The molecule has 1 atom stereocenters. The lowest BCUT2D eigenvalue weighted by atomic mass is 9.84. The van der Waals surface area contributed by atoms with Gasteiger partial charge in [-0.2, -0.15) is 0 Å². The lowest BCUT2D eigenvalue weighted by Crippen LogP contribution is -2.06. The molecule has 0 N–H and O–H groups in total. The molecule has 0 radical (unpaired) electrons. The molecule has 10 rings (SSSR count). The van der Waals surface area contributed by atoms with Crippen LogP contribution in [0.3, 0.4) is 0 Å². The summed E-state index contributed by atoms with van der Waals surface area (Å²) >= 11 is 0. The Morgan fingerprint density at radius 3 is 1.76 bits per heavy atom. The van der Waals surface area contributed by atoms with Gasteiger partial charge in [0.05, 0.1) is 11.0 Å². The Morgan fingerprint density at radius 1 is 0.431 bits per heavy atom. The summed E-state index contributed by atoms with van der Waals surface area (Å²) in [5, 5.41) is 2.53. The number of rotatable bonds is 9. The van der Waals surface area contributed by atoms with Crippen molar-refractivity contribution >= 4 is 27.4 Å². The Kier molecular flexibility index (Phi) is 9.71. The van der Waals surface area contributed by atoms with Crippen LogP contribution in [0.15, 0.2) is 218 Å².